The van der Waals surface area contributed by atoms with E-state index < -0.39 is 17.5 Å². The number of esters is 1. The molecule has 3 rings (SSSR count). The highest BCUT2D eigenvalue weighted by Crippen LogP contribution is 2.33. The Morgan fingerprint density at radius 2 is 1.91 bits per heavy atom. The van der Waals surface area contributed by atoms with E-state index in [0.717, 1.165) is 12.3 Å². The molecule has 0 aliphatic rings. The fourth-order valence-electron chi connectivity index (χ4n) is 3.34. The molecule has 0 saturated heterocycles. The molecule has 32 heavy (non-hydrogen) atoms. The Kier molecular flexibility index (Phi) is 6.87. The Morgan fingerprint density at radius 1 is 1.16 bits per heavy atom. The third kappa shape index (κ3) is 4.32. The number of aromatic nitrogens is 2. The van der Waals surface area contributed by atoms with Crippen molar-refractivity contribution in [3.63, 3.8) is 0 Å². The topological polar surface area (TPSA) is 107 Å². The summed E-state index contributed by atoms with van der Waals surface area (Å²) in [5.74, 6) is -1.80. The molecule has 8 nitrogen and oxygen atoms in total. The second-order valence-electron chi connectivity index (χ2n) is 7.07. The van der Waals surface area contributed by atoms with Gasteiger partial charge in [-0.1, -0.05) is 13.3 Å². The molecule has 1 aromatic carbocycles. The maximum Gasteiger partial charge on any atom is 0.345 e. The number of pyridine rings is 1. The lowest BCUT2D eigenvalue weighted by Gasteiger charge is -2.15. The second kappa shape index (κ2) is 9.59. The maximum atomic E-state index is 14.4. The number of carbonyl (C=O) groups excluding carboxylic acids is 2. The summed E-state index contributed by atoms with van der Waals surface area (Å²) in [6, 6.07) is 5.56. The zero-order chi connectivity index (χ0) is 23.4. The highest BCUT2D eigenvalue weighted by atomic mass is 19.1. The average molecular weight is 442 g/mol. The zero-order valence-electron chi connectivity index (χ0n) is 18.0. The molecule has 0 aliphatic heterocycles. The van der Waals surface area contributed by atoms with Crippen LogP contribution < -0.4 is 10.3 Å². The summed E-state index contributed by atoms with van der Waals surface area (Å²) in [5, 5.41) is 10.5. The zero-order valence-corrected chi connectivity index (χ0v) is 18.0. The van der Waals surface area contributed by atoms with E-state index >= 15 is 0 Å². The standard InChI is InChI=1S/C23H23FN2O6/c1-4-6-16-18(9-8-15(13(3)27)20(16)28)32-12-14-7-10-19(24)26-21(14)25-11-17(22(26)29)23(30)31-5-2/h7-11,28H,4-6,12H2,1-3H3. The molecule has 0 fully saturated rings. The largest absolute Gasteiger partial charge is 0.507 e. The molecule has 0 bridgehead atoms. The Balaban J connectivity index is 2.00. The first-order valence-corrected chi connectivity index (χ1v) is 10.1. The van der Waals surface area contributed by atoms with Crippen molar-refractivity contribution in [2.75, 3.05) is 6.61 Å². The fourth-order valence-corrected chi connectivity index (χ4v) is 3.34. The van der Waals surface area contributed by atoms with Crippen LogP contribution in [0.1, 0.15) is 59.0 Å². The third-order valence-corrected chi connectivity index (χ3v) is 4.88. The predicted octanol–water partition coefficient (Wildman–Crippen LogP) is 3.45. The van der Waals surface area contributed by atoms with Gasteiger partial charge in [0.05, 0.1) is 12.2 Å². The molecule has 1 N–H and O–H groups in total. The van der Waals surface area contributed by atoms with Gasteiger partial charge in [0.15, 0.2) is 5.78 Å². The lowest BCUT2D eigenvalue weighted by atomic mass is 10.0. The molecule has 0 amide bonds. The van der Waals surface area contributed by atoms with Crippen molar-refractivity contribution >= 4 is 17.4 Å². The number of ketones is 1. The highest BCUT2D eigenvalue weighted by molar-refractivity contribution is 5.97. The molecule has 0 saturated carbocycles. The monoisotopic (exact) mass is 442 g/mol. The van der Waals surface area contributed by atoms with Crippen LogP contribution in [0.5, 0.6) is 11.5 Å². The number of benzene rings is 1. The number of Topliss-reactive ketones (excluding diaryl/α,β-unsaturated/α-hetero) is 1. The van der Waals surface area contributed by atoms with Gasteiger partial charge in [0, 0.05) is 17.3 Å². The van der Waals surface area contributed by atoms with Crippen molar-refractivity contribution in [1.29, 1.82) is 0 Å². The van der Waals surface area contributed by atoms with Crippen molar-refractivity contribution in [3.05, 3.63) is 69.0 Å². The van der Waals surface area contributed by atoms with Crippen molar-refractivity contribution in [2.45, 2.75) is 40.2 Å². The van der Waals surface area contributed by atoms with Gasteiger partial charge in [0.25, 0.3) is 5.56 Å². The van der Waals surface area contributed by atoms with Gasteiger partial charge in [-0.15, -0.1) is 0 Å². The molecule has 3 aromatic rings. The number of ether oxygens (including phenoxy) is 2. The first-order chi connectivity index (χ1) is 15.3. The van der Waals surface area contributed by atoms with Crippen molar-refractivity contribution < 1.29 is 28.6 Å². The molecule has 0 unspecified atom stereocenters. The summed E-state index contributed by atoms with van der Waals surface area (Å²) in [6.45, 7) is 4.85. The van der Waals surface area contributed by atoms with Gasteiger partial charge in [-0.3, -0.25) is 9.59 Å². The summed E-state index contributed by atoms with van der Waals surface area (Å²) in [5.41, 5.74) is -0.200. The van der Waals surface area contributed by atoms with Crippen LogP contribution in [0, 0.1) is 5.95 Å². The number of halogens is 1. The van der Waals surface area contributed by atoms with E-state index in [0.29, 0.717) is 34.1 Å². The minimum Gasteiger partial charge on any atom is -0.507 e. The average Bonchev–Trinajstić information content (AvgIpc) is 2.75. The Bertz CT molecular complexity index is 1250. The van der Waals surface area contributed by atoms with Crippen LogP contribution in [0.2, 0.25) is 0 Å². The Hall–Kier alpha value is -3.75. The lowest BCUT2D eigenvalue weighted by molar-refractivity contribution is 0.0523. The smallest absolute Gasteiger partial charge is 0.345 e. The number of aromatic hydroxyl groups is 1. The normalized spacial score (nSPS) is 10.9. The van der Waals surface area contributed by atoms with E-state index in [9.17, 15) is 23.9 Å². The van der Waals surface area contributed by atoms with Gasteiger partial charge in [0.2, 0.25) is 5.95 Å². The van der Waals surface area contributed by atoms with Gasteiger partial charge >= 0.3 is 5.97 Å². The molecule has 0 spiro atoms. The first kappa shape index (κ1) is 22.9. The van der Waals surface area contributed by atoms with Crippen molar-refractivity contribution in [1.82, 2.24) is 9.38 Å². The molecule has 168 valence electrons. The predicted molar refractivity (Wildman–Crippen MR) is 114 cm³/mol. The van der Waals surface area contributed by atoms with E-state index in [1.54, 1.807) is 13.0 Å². The molecular weight excluding hydrogens is 419 g/mol. The van der Waals surface area contributed by atoms with Gasteiger partial charge in [0.1, 0.15) is 29.3 Å². The summed E-state index contributed by atoms with van der Waals surface area (Å²) in [7, 11) is 0. The van der Waals surface area contributed by atoms with Crippen LogP contribution in [-0.4, -0.2) is 32.9 Å². The summed E-state index contributed by atoms with van der Waals surface area (Å²) >= 11 is 0. The third-order valence-electron chi connectivity index (χ3n) is 4.88. The number of carbonyl (C=O) groups is 2. The van der Waals surface area contributed by atoms with Crippen LogP contribution in [0.15, 0.2) is 35.3 Å². The number of phenolic OH excluding ortho intramolecular Hbond substituents is 1. The van der Waals surface area contributed by atoms with Gasteiger partial charge in [-0.25, -0.2) is 14.2 Å². The summed E-state index contributed by atoms with van der Waals surface area (Å²) in [4.78, 5) is 40.4. The van der Waals surface area contributed by atoms with Crippen LogP contribution in [0.25, 0.3) is 5.65 Å². The second-order valence-corrected chi connectivity index (χ2v) is 7.07. The van der Waals surface area contributed by atoms with Gasteiger partial charge in [-0.2, -0.15) is 4.39 Å². The lowest BCUT2D eigenvalue weighted by Crippen LogP contribution is -2.26. The maximum absolute atomic E-state index is 14.4. The van der Waals surface area contributed by atoms with Gasteiger partial charge < -0.3 is 14.6 Å². The van der Waals surface area contributed by atoms with Gasteiger partial charge in [-0.05, 0) is 44.5 Å². The van der Waals surface area contributed by atoms with E-state index in [1.165, 1.54) is 19.1 Å². The molecule has 2 aromatic heterocycles. The summed E-state index contributed by atoms with van der Waals surface area (Å²) in [6.07, 6.45) is 2.24. The minimum atomic E-state index is -0.887. The molecule has 2 heterocycles. The number of fused-ring (bicyclic) bond motifs is 1. The van der Waals surface area contributed by atoms with E-state index in [-0.39, 0.29) is 41.5 Å². The number of hydrogen-bond acceptors (Lipinski definition) is 7. The number of nitrogens with zero attached hydrogens (tertiary/aromatic N) is 2. The van der Waals surface area contributed by atoms with Crippen LogP contribution in [0.3, 0.4) is 0 Å². The Morgan fingerprint density at radius 3 is 2.56 bits per heavy atom. The van der Waals surface area contributed by atoms with E-state index in [1.807, 2.05) is 6.92 Å². The molecule has 0 radical (unpaired) electrons. The van der Waals surface area contributed by atoms with E-state index in [4.69, 9.17) is 9.47 Å². The first-order valence-electron chi connectivity index (χ1n) is 10.1. The van der Waals surface area contributed by atoms with Crippen molar-refractivity contribution in [3.8, 4) is 11.5 Å². The number of phenols is 1. The number of hydrogen-bond donors (Lipinski definition) is 1. The van der Waals surface area contributed by atoms with Crippen LogP contribution >= 0.6 is 0 Å². The van der Waals surface area contributed by atoms with E-state index in [2.05, 4.69) is 4.98 Å². The minimum absolute atomic E-state index is 0.00957. The molecular formula is C23H23FN2O6. The quantitative estimate of drug-likeness (QED) is 0.323. The van der Waals surface area contributed by atoms with Crippen LogP contribution in [-0.2, 0) is 17.8 Å². The fraction of sp³-hybridized carbons (Fsp3) is 0.304. The molecule has 0 atom stereocenters. The van der Waals surface area contributed by atoms with Crippen LogP contribution in [0.4, 0.5) is 4.39 Å². The molecule has 0 aliphatic carbocycles. The SMILES string of the molecule is CCCc1c(OCc2ccc(F)n3c(=O)c(C(=O)OCC)cnc23)ccc(C(C)=O)c1O. The van der Waals surface area contributed by atoms with Crippen molar-refractivity contribution in [2.24, 2.45) is 0 Å². The molecule has 9 heteroatoms. The summed E-state index contributed by atoms with van der Waals surface area (Å²) < 4.78 is 25.8. The number of rotatable bonds is 8. The highest BCUT2D eigenvalue weighted by Gasteiger charge is 2.19. The Labute approximate surface area is 183 Å².